The van der Waals surface area contributed by atoms with Crippen LogP contribution in [0.3, 0.4) is 0 Å². The first-order chi connectivity index (χ1) is 10.5. The minimum Gasteiger partial charge on any atom is -0.450 e. The van der Waals surface area contributed by atoms with E-state index in [1.165, 1.54) is 9.21 Å². The summed E-state index contributed by atoms with van der Waals surface area (Å²) in [5, 5.41) is 1.97. The Balaban J connectivity index is 1.77. The number of carbonyl (C=O) groups is 1. The zero-order chi connectivity index (χ0) is 16.0. The summed E-state index contributed by atoms with van der Waals surface area (Å²) in [5.74, 6) is 0. The maximum atomic E-state index is 12.2. The van der Waals surface area contributed by atoms with Crippen LogP contribution in [0.5, 0.6) is 0 Å². The maximum absolute atomic E-state index is 12.2. The Morgan fingerprint density at radius 3 is 2.68 bits per heavy atom. The van der Waals surface area contributed by atoms with E-state index in [9.17, 15) is 13.2 Å². The fraction of sp³-hybridized carbons (Fsp3) is 0.615. The third-order valence-corrected chi connectivity index (χ3v) is 5.89. The van der Waals surface area contributed by atoms with Gasteiger partial charge in [-0.2, -0.15) is 12.7 Å². The van der Waals surface area contributed by atoms with Crippen LogP contribution in [0.2, 0.25) is 0 Å². The molecule has 1 N–H and O–H groups in total. The number of thiophene rings is 1. The topological polar surface area (TPSA) is 79.0 Å². The number of ether oxygens (including phenoxy) is 1. The minimum atomic E-state index is -3.49. The smallest absolute Gasteiger partial charge is 0.409 e. The average Bonchev–Trinajstić information content (AvgIpc) is 3.01. The van der Waals surface area contributed by atoms with E-state index >= 15 is 0 Å². The summed E-state index contributed by atoms with van der Waals surface area (Å²) >= 11 is 1.61. The lowest BCUT2D eigenvalue weighted by atomic mass is 10.3. The SMILES string of the molecule is CCOC(=O)N1CCN(S(=O)(=O)NCCc2cccs2)CC1. The first-order valence-electron chi connectivity index (χ1n) is 7.21. The van der Waals surface area contributed by atoms with E-state index in [2.05, 4.69) is 4.72 Å². The second kappa shape index (κ2) is 7.91. The van der Waals surface area contributed by atoms with Crippen LogP contribution in [-0.2, 0) is 21.4 Å². The molecule has 1 aromatic rings. The van der Waals surface area contributed by atoms with Crippen molar-refractivity contribution in [2.75, 3.05) is 39.3 Å². The van der Waals surface area contributed by atoms with Gasteiger partial charge in [0.2, 0.25) is 0 Å². The molecule has 0 saturated carbocycles. The van der Waals surface area contributed by atoms with E-state index < -0.39 is 10.2 Å². The molecule has 0 aliphatic carbocycles. The summed E-state index contributed by atoms with van der Waals surface area (Å²) in [6.07, 6.45) is 0.296. The van der Waals surface area contributed by atoms with Crippen LogP contribution in [0.15, 0.2) is 17.5 Å². The lowest BCUT2D eigenvalue weighted by molar-refractivity contribution is 0.0932. The van der Waals surface area contributed by atoms with Crippen molar-refractivity contribution in [2.45, 2.75) is 13.3 Å². The molecule has 7 nitrogen and oxygen atoms in total. The quantitative estimate of drug-likeness (QED) is 0.829. The molecular weight excluding hydrogens is 326 g/mol. The predicted molar refractivity (Wildman–Crippen MR) is 85.1 cm³/mol. The number of rotatable bonds is 6. The molecule has 0 bridgehead atoms. The normalized spacial score (nSPS) is 16.7. The molecule has 0 aromatic carbocycles. The Morgan fingerprint density at radius 1 is 1.36 bits per heavy atom. The Labute approximate surface area is 135 Å². The van der Waals surface area contributed by atoms with Crippen LogP contribution in [0, 0.1) is 0 Å². The van der Waals surface area contributed by atoms with Gasteiger partial charge in [-0.25, -0.2) is 9.52 Å². The van der Waals surface area contributed by atoms with E-state index in [1.807, 2.05) is 17.5 Å². The second-order valence-corrected chi connectivity index (χ2v) is 7.60. The van der Waals surface area contributed by atoms with E-state index in [0.717, 1.165) is 4.88 Å². The standard InChI is InChI=1S/C13H21N3O4S2/c1-2-20-13(17)15-7-9-16(10-8-15)22(18,19)14-6-5-12-4-3-11-21-12/h3-4,11,14H,2,5-10H2,1H3. The van der Waals surface area contributed by atoms with Gasteiger partial charge in [0.1, 0.15) is 0 Å². The zero-order valence-electron chi connectivity index (χ0n) is 12.5. The van der Waals surface area contributed by atoms with Gasteiger partial charge in [-0.1, -0.05) is 6.07 Å². The van der Waals surface area contributed by atoms with Gasteiger partial charge in [0, 0.05) is 37.6 Å². The second-order valence-electron chi connectivity index (χ2n) is 4.81. The van der Waals surface area contributed by atoms with Crippen molar-refractivity contribution in [1.82, 2.24) is 13.9 Å². The Morgan fingerprint density at radius 2 is 2.09 bits per heavy atom. The molecule has 1 aromatic heterocycles. The average molecular weight is 347 g/mol. The lowest BCUT2D eigenvalue weighted by Gasteiger charge is -2.33. The van der Waals surface area contributed by atoms with Crippen molar-refractivity contribution in [1.29, 1.82) is 0 Å². The van der Waals surface area contributed by atoms with Gasteiger partial charge in [0.25, 0.3) is 10.2 Å². The first-order valence-corrected chi connectivity index (χ1v) is 9.53. The molecule has 1 aliphatic rings. The van der Waals surface area contributed by atoms with Crippen molar-refractivity contribution in [3.05, 3.63) is 22.4 Å². The molecule has 1 aliphatic heterocycles. The molecule has 1 saturated heterocycles. The number of hydrogen-bond donors (Lipinski definition) is 1. The van der Waals surface area contributed by atoms with Crippen LogP contribution in [0.25, 0.3) is 0 Å². The van der Waals surface area contributed by atoms with Crippen LogP contribution in [0.1, 0.15) is 11.8 Å². The van der Waals surface area contributed by atoms with E-state index in [1.54, 1.807) is 18.3 Å². The molecule has 1 amide bonds. The maximum Gasteiger partial charge on any atom is 0.409 e. The molecular formula is C13H21N3O4S2. The number of piperazine rings is 1. The number of nitrogens with one attached hydrogen (secondary N) is 1. The molecule has 9 heteroatoms. The number of amides is 1. The Hall–Kier alpha value is -1.16. The summed E-state index contributed by atoms with van der Waals surface area (Å²) in [4.78, 5) is 14.3. The van der Waals surface area contributed by atoms with E-state index in [0.29, 0.717) is 32.7 Å². The van der Waals surface area contributed by atoms with Crippen LogP contribution in [-0.4, -0.2) is 63.0 Å². The van der Waals surface area contributed by atoms with Crippen molar-refractivity contribution in [2.24, 2.45) is 0 Å². The predicted octanol–water partition coefficient (Wildman–Crippen LogP) is 0.899. The molecule has 0 radical (unpaired) electrons. The van der Waals surface area contributed by atoms with Crippen molar-refractivity contribution >= 4 is 27.6 Å². The molecule has 0 unspecified atom stereocenters. The highest BCUT2D eigenvalue weighted by Crippen LogP contribution is 2.10. The van der Waals surface area contributed by atoms with Crippen LogP contribution < -0.4 is 4.72 Å². The molecule has 1 fully saturated rings. The monoisotopic (exact) mass is 347 g/mol. The summed E-state index contributed by atoms with van der Waals surface area (Å²) in [7, 11) is -3.49. The minimum absolute atomic E-state index is 0.285. The summed E-state index contributed by atoms with van der Waals surface area (Å²) in [6, 6.07) is 3.93. The fourth-order valence-electron chi connectivity index (χ4n) is 2.18. The highest BCUT2D eigenvalue weighted by molar-refractivity contribution is 7.87. The zero-order valence-corrected chi connectivity index (χ0v) is 14.2. The number of carbonyl (C=O) groups excluding carboxylic acids is 1. The van der Waals surface area contributed by atoms with Gasteiger partial charge in [0.05, 0.1) is 6.61 Å². The molecule has 2 rings (SSSR count). The Kier molecular flexibility index (Phi) is 6.18. The first kappa shape index (κ1) is 17.2. The Bertz CT molecular complexity index is 566. The third-order valence-electron chi connectivity index (χ3n) is 3.34. The van der Waals surface area contributed by atoms with Crippen LogP contribution >= 0.6 is 11.3 Å². The highest BCUT2D eigenvalue weighted by Gasteiger charge is 2.28. The van der Waals surface area contributed by atoms with Gasteiger partial charge in [-0.15, -0.1) is 11.3 Å². The lowest BCUT2D eigenvalue weighted by Crippen LogP contribution is -2.53. The van der Waals surface area contributed by atoms with Gasteiger partial charge >= 0.3 is 6.09 Å². The number of hydrogen-bond acceptors (Lipinski definition) is 5. The van der Waals surface area contributed by atoms with Crippen molar-refractivity contribution < 1.29 is 17.9 Å². The third kappa shape index (κ3) is 4.67. The molecule has 22 heavy (non-hydrogen) atoms. The molecule has 0 spiro atoms. The molecule has 2 heterocycles. The van der Waals surface area contributed by atoms with E-state index in [-0.39, 0.29) is 19.2 Å². The summed E-state index contributed by atoms with van der Waals surface area (Å²) in [5.41, 5.74) is 0. The van der Waals surface area contributed by atoms with Gasteiger partial charge in [-0.3, -0.25) is 0 Å². The largest absolute Gasteiger partial charge is 0.450 e. The van der Waals surface area contributed by atoms with Gasteiger partial charge < -0.3 is 9.64 Å². The number of nitrogens with zero attached hydrogens (tertiary/aromatic N) is 2. The van der Waals surface area contributed by atoms with Crippen molar-refractivity contribution in [3.8, 4) is 0 Å². The molecule has 0 atom stereocenters. The summed E-state index contributed by atoms with van der Waals surface area (Å²) < 4.78 is 33.3. The van der Waals surface area contributed by atoms with Crippen molar-refractivity contribution in [3.63, 3.8) is 0 Å². The highest BCUT2D eigenvalue weighted by atomic mass is 32.2. The van der Waals surface area contributed by atoms with E-state index in [4.69, 9.17) is 4.74 Å². The van der Waals surface area contributed by atoms with Crippen LogP contribution in [0.4, 0.5) is 4.79 Å². The van der Waals surface area contributed by atoms with Gasteiger partial charge in [0.15, 0.2) is 0 Å². The fourth-order valence-corrected chi connectivity index (χ4v) is 4.07. The van der Waals surface area contributed by atoms with Gasteiger partial charge in [-0.05, 0) is 24.8 Å². The molecule has 124 valence electrons. The summed E-state index contributed by atoms with van der Waals surface area (Å²) in [6.45, 7) is 3.72.